The third-order valence-electron chi connectivity index (χ3n) is 3.53. The van der Waals surface area contributed by atoms with Crippen LogP contribution in [0.3, 0.4) is 0 Å². The first-order chi connectivity index (χ1) is 9.47. The van der Waals surface area contributed by atoms with Crippen LogP contribution in [0.1, 0.15) is 25.8 Å². The number of hydrogen-bond donors (Lipinski definition) is 1. The third-order valence-corrected chi connectivity index (χ3v) is 3.53. The number of nitrogens with zero attached hydrogens (tertiary/aromatic N) is 1. The average Bonchev–Trinajstić information content (AvgIpc) is 2.79. The fraction of sp³-hybridized carbons (Fsp3) is 0.500. The summed E-state index contributed by atoms with van der Waals surface area (Å²) in [4.78, 5) is 25.8. The summed E-state index contributed by atoms with van der Waals surface area (Å²) in [6.45, 7) is 7.26. The van der Waals surface area contributed by atoms with Gasteiger partial charge in [0.15, 0.2) is 0 Å². The molecule has 1 aliphatic heterocycles. The van der Waals surface area contributed by atoms with Gasteiger partial charge >= 0.3 is 0 Å². The molecule has 2 amide bonds. The Balaban J connectivity index is 2.00. The smallest absolute Gasteiger partial charge is 0.227 e. The highest BCUT2D eigenvalue weighted by Gasteiger charge is 2.34. The van der Waals surface area contributed by atoms with E-state index in [1.807, 2.05) is 31.2 Å². The van der Waals surface area contributed by atoms with Crippen molar-refractivity contribution in [2.24, 2.45) is 11.8 Å². The molecule has 1 aromatic carbocycles. The lowest BCUT2D eigenvalue weighted by Gasteiger charge is -2.17. The maximum Gasteiger partial charge on any atom is 0.227 e. The summed E-state index contributed by atoms with van der Waals surface area (Å²) >= 11 is 0. The van der Waals surface area contributed by atoms with Gasteiger partial charge in [-0.2, -0.15) is 0 Å². The fourth-order valence-electron chi connectivity index (χ4n) is 2.31. The third kappa shape index (κ3) is 3.38. The molecule has 2 rings (SSSR count). The molecular formula is C16H22N2O2. The molecule has 0 bridgehead atoms. The lowest BCUT2D eigenvalue weighted by Crippen LogP contribution is -2.34. The lowest BCUT2D eigenvalue weighted by atomic mass is 10.1. The summed E-state index contributed by atoms with van der Waals surface area (Å²) in [6.07, 6.45) is 0.303. The Hall–Kier alpha value is -1.84. The fourth-order valence-corrected chi connectivity index (χ4v) is 2.31. The van der Waals surface area contributed by atoms with Gasteiger partial charge in [-0.3, -0.25) is 9.59 Å². The van der Waals surface area contributed by atoms with Crippen LogP contribution in [-0.4, -0.2) is 24.9 Å². The second-order valence-corrected chi connectivity index (χ2v) is 5.88. The average molecular weight is 274 g/mol. The van der Waals surface area contributed by atoms with E-state index >= 15 is 0 Å². The number of aryl methyl sites for hydroxylation is 1. The van der Waals surface area contributed by atoms with Crippen molar-refractivity contribution >= 4 is 17.5 Å². The van der Waals surface area contributed by atoms with E-state index in [1.54, 1.807) is 4.90 Å². The number of amides is 2. The Kier molecular flexibility index (Phi) is 4.42. The van der Waals surface area contributed by atoms with Crippen LogP contribution in [0.4, 0.5) is 5.69 Å². The zero-order chi connectivity index (χ0) is 14.7. The number of anilines is 1. The Morgan fingerprint density at radius 1 is 1.35 bits per heavy atom. The number of hydrogen-bond acceptors (Lipinski definition) is 2. The number of carbonyl (C=O) groups is 2. The predicted octanol–water partition coefficient (Wildman–Crippen LogP) is 2.12. The molecule has 20 heavy (non-hydrogen) atoms. The Morgan fingerprint density at radius 2 is 2.00 bits per heavy atom. The van der Waals surface area contributed by atoms with Gasteiger partial charge in [-0.1, -0.05) is 31.5 Å². The molecule has 1 aromatic rings. The highest BCUT2D eigenvalue weighted by Crippen LogP contribution is 2.25. The van der Waals surface area contributed by atoms with Crippen molar-refractivity contribution < 1.29 is 9.59 Å². The zero-order valence-corrected chi connectivity index (χ0v) is 12.3. The summed E-state index contributed by atoms with van der Waals surface area (Å²) < 4.78 is 0. The van der Waals surface area contributed by atoms with Crippen molar-refractivity contribution in [3.8, 4) is 0 Å². The van der Waals surface area contributed by atoms with Gasteiger partial charge in [0.25, 0.3) is 0 Å². The first-order valence-electron chi connectivity index (χ1n) is 7.12. The molecule has 108 valence electrons. The van der Waals surface area contributed by atoms with Gasteiger partial charge < -0.3 is 10.2 Å². The summed E-state index contributed by atoms with van der Waals surface area (Å²) in [7, 11) is 0. The van der Waals surface area contributed by atoms with Crippen LogP contribution >= 0.6 is 0 Å². The van der Waals surface area contributed by atoms with Crippen molar-refractivity contribution in [1.29, 1.82) is 0 Å². The molecule has 0 aliphatic carbocycles. The predicted molar refractivity (Wildman–Crippen MR) is 79.5 cm³/mol. The van der Waals surface area contributed by atoms with Gasteiger partial charge in [-0.15, -0.1) is 0 Å². The first kappa shape index (κ1) is 14.6. The summed E-state index contributed by atoms with van der Waals surface area (Å²) in [5, 5.41) is 2.91. The highest BCUT2D eigenvalue weighted by atomic mass is 16.2. The number of rotatable bonds is 4. The van der Waals surface area contributed by atoms with Crippen LogP contribution in [0.2, 0.25) is 0 Å². The van der Waals surface area contributed by atoms with Crippen LogP contribution < -0.4 is 10.2 Å². The monoisotopic (exact) mass is 274 g/mol. The first-order valence-corrected chi connectivity index (χ1v) is 7.12. The van der Waals surface area contributed by atoms with Crippen LogP contribution in [0.5, 0.6) is 0 Å². The molecule has 0 spiro atoms. The molecule has 1 N–H and O–H groups in total. The number of benzene rings is 1. The van der Waals surface area contributed by atoms with Crippen molar-refractivity contribution in [3.63, 3.8) is 0 Å². The van der Waals surface area contributed by atoms with E-state index in [-0.39, 0.29) is 17.7 Å². The Bertz CT molecular complexity index is 494. The van der Waals surface area contributed by atoms with Crippen LogP contribution in [0, 0.1) is 18.8 Å². The van der Waals surface area contributed by atoms with E-state index in [2.05, 4.69) is 19.2 Å². The summed E-state index contributed by atoms with van der Waals surface area (Å²) in [5.41, 5.74) is 2.03. The molecule has 1 unspecified atom stereocenters. The van der Waals surface area contributed by atoms with Gasteiger partial charge in [-0.25, -0.2) is 0 Å². The van der Waals surface area contributed by atoms with E-state index in [4.69, 9.17) is 0 Å². The molecule has 0 radical (unpaired) electrons. The molecular weight excluding hydrogens is 252 g/mol. The van der Waals surface area contributed by atoms with Crippen molar-refractivity contribution in [3.05, 3.63) is 29.8 Å². The van der Waals surface area contributed by atoms with Gasteiger partial charge in [0, 0.05) is 25.2 Å². The largest absolute Gasteiger partial charge is 0.356 e. The molecule has 1 saturated heterocycles. The molecule has 4 heteroatoms. The van der Waals surface area contributed by atoms with Crippen LogP contribution in [-0.2, 0) is 9.59 Å². The van der Waals surface area contributed by atoms with Crippen molar-refractivity contribution in [2.75, 3.05) is 18.0 Å². The molecule has 1 heterocycles. The standard InChI is InChI=1S/C16H22N2O2/c1-11(2)9-17-16(20)13-8-15(19)18(10-13)14-6-4-12(3)5-7-14/h4-7,11,13H,8-10H2,1-3H3,(H,17,20). The molecule has 0 saturated carbocycles. The topological polar surface area (TPSA) is 49.4 Å². The second kappa shape index (κ2) is 6.07. The van der Waals surface area contributed by atoms with Gasteiger partial charge in [0.2, 0.25) is 11.8 Å². The summed E-state index contributed by atoms with van der Waals surface area (Å²) in [6, 6.07) is 7.83. The quantitative estimate of drug-likeness (QED) is 0.914. The highest BCUT2D eigenvalue weighted by molar-refractivity contribution is 6.00. The molecule has 0 aromatic heterocycles. The minimum absolute atomic E-state index is 0.0124. The minimum Gasteiger partial charge on any atom is -0.356 e. The maximum atomic E-state index is 12.1. The number of nitrogens with one attached hydrogen (secondary N) is 1. The molecule has 4 nitrogen and oxygen atoms in total. The lowest BCUT2D eigenvalue weighted by molar-refractivity contribution is -0.126. The molecule has 1 aliphatic rings. The minimum atomic E-state index is -0.234. The van der Waals surface area contributed by atoms with E-state index < -0.39 is 0 Å². The van der Waals surface area contributed by atoms with Crippen LogP contribution in [0.15, 0.2) is 24.3 Å². The Labute approximate surface area is 120 Å². The van der Waals surface area contributed by atoms with E-state index in [0.717, 1.165) is 11.3 Å². The Morgan fingerprint density at radius 3 is 2.60 bits per heavy atom. The normalized spacial score (nSPS) is 18.7. The van der Waals surface area contributed by atoms with E-state index in [9.17, 15) is 9.59 Å². The van der Waals surface area contributed by atoms with Crippen molar-refractivity contribution in [1.82, 2.24) is 5.32 Å². The van der Waals surface area contributed by atoms with Crippen molar-refractivity contribution in [2.45, 2.75) is 27.2 Å². The van der Waals surface area contributed by atoms with Gasteiger partial charge in [-0.05, 0) is 25.0 Å². The molecule has 1 atom stereocenters. The maximum absolute atomic E-state index is 12.1. The SMILES string of the molecule is Cc1ccc(N2CC(C(=O)NCC(C)C)CC2=O)cc1. The zero-order valence-electron chi connectivity index (χ0n) is 12.3. The second-order valence-electron chi connectivity index (χ2n) is 5.88. The molecule has 1 fully saturated rings. The van der Waals surface area contributed by atoms with E-state index in [1.165, 1.54) is 0 Å². The van der Waals surface area contributed by atoms with Crippen LogP contribution in [0.25, 0.3) is 0 Å². The number of carbonyl (C=O) groups excluding carboxylic acids is 2. The van der Waals surface area contributed by atoms with Gasteiger partial charge in [0.05, 0.1) is 5.92 Å². The van der Waals surface area contributed by atoms with Gasteiger partial charge in [0.1, 0.15) is 0 Å². The summed E-state index contributed by atoms with van der Waals surface area (Å²) in [5.74, 6) is 0.201. The van der Waals surface area contributed by atoms with E-state index in [0.29, 0.717) is 25.4 Å².